The number of oxazole rings is 1. The van der Waals surface area contributed by atoms with Crippen LogP contribution in [0.25, 0.3) is 22.6 Å². The Morgan fingerprint density at radius 3 is 2.41 bits per heavy atom. The van der Waals surface area contributed by atoms with Crippen molar-refractivity contribution in [2.24, 2.45) is 0 Å². The van der Waals surface area contributed by atoms with Crippen LogP contribution >= 0.6 is 12.2 Å². The Bertz CT molecular complexity index is 1190. The van der Waals surface area contributed by atoms with Gasteiger partial charge in [-0.25, -0.2) is 4.98 Å². The number of benzene rings is 2. The summed E-state index contributed by atoms with van der Waals surface area (Å²) < 4.78 is 8.53. The van der Waals surface area contributed by atoms with E-state index in [-0.39, 0.29) is 18.4 Å². The summed E-state index contributed by atoms with van der Waals surface area (Å²) in [6.07, 6.45) is 0.658. The van der Waals surface area contributed by atoms with Gasteiger partial charge >= 0.3 is 0 Å². The molecule has 1 amide bonds. The van der Waals surface area contributed by atoms with Gasteiger partial charge in [0.05, 0.1) is 6.54 Å². The summed E-state index contributed by atoms with van der Waals surface area (Å²) in [7, 11) is 0. The SMILES string of the molecule is CC(C)n1c(CNC(=O)CCc2nc(-c3ccccc3)c(-c3ccccc3)o2)n[nH]c1=S. The molecule has 0 radical (unpaired) electrons. The zero-order valence-corrected chi connectivity index (χ0v) is 18.9. The molecule has 0 aliphatic rings. The second kappa shape index (κ2) is 9.74. The molecule has 2 aromatic carbocycles. The fraction of sp³-hybridized carbons (Fsp3) is 0.250. The van der Waals surface area contributed by atoms with Crippen molar-refractivity contribution in [1.29, 1.82) is 0 Å². The average Bonchev–Trinajstić information content (AvgIpc) is 3.41. The van der Waals surface area contributed by atoms with Crippen molar-refractivity contribution in [2.45, 2.75) is 39.3 Å². The van der Waals surface area contributed by atoms with Gasteiger partial charge in [-0.3, -0.25) is 9.89 Å². The quantitative estimate of drug-likeness (QED) is 0.367. The molecular formula is C24H25N5O2S. The van der Waals surface area contributed by atoms with E-state index in [2.05, 4.69) is 15.5 Å². The molecule has 0 bridgehead atoms. The predicted molar refractivity (Wildman–Crippen MR) is 125 cm³/mol. The number of hydrogen-bond acceptors (Lipinski definition) is 5. The van der Waals surface area contributed by atoms with Gasteiger partial charge in [0, 0.05) is 30.0 Å². The molecule has 2 N–H and O–H groups in total. The van der Waals surface area contributed by atoms with Gasteiger partial charge in [-0.2, -0.15) is 5.10 Å². The summed E-state index contributed by atoms with van der Waals surface area (Å²) in [5.74, 6) is 1.84. The maximum absolute atomic E-state index is 12.5. The van der Waals surface area contributed by atoms with Crippen LogP contribution < -0.4 is 5.32 Å². The fourth-order valence-electron chi connectivity index (χ4n) is 3.53. The first kappa shape index (κ1) is 21.7. The Morgan fingerprint density at radius 2 is 1.75 bits per heavy atom. The van der Waals surface area contributed by atoms with Gasteiger partial charge in [0.15, 0.2) is 22.2 Å². The molecule has 0 spiro atoms. The number of aryl methyl sites for hydroxylation is 1. The number of aromatic amines is 1. The Kier molecular flexibility index (Phi) is 6.61. The van der Waals surface area contributed by atoms with Crippen LogP contribution in [0.4, 0.5) is 0 Å². The van der Waals surface area contributed by atoms with E-state index in [4.69, 9.17) is 21.6 Å². The van der Waals surface area contributed by atoms with Gasteiger partial charge in [0.1, 0.15) is 5.69 Å². The summed E-state index contributed by atoms with van der Waals surface area (Å²) in [6, 6.07) is 19.9. The molecule has 0 saturated heterocycles. The fourth-order valence-corrected chi connectivity index (χ4v) is 3.89. The molecule has 0 aliphatic carbocycles. The molecular weight excluding hydrogens is 422 g/mol. The molecule has 0 saturated carbocycles. The second-order valence-electron chi connectivity index (χ2n) is 7.70. The molecule has 164 valence electrons. The van der Waals surface area contributed by atoms with Crippen molar-refractivity contribution in [3.63, 3.8) is 0 Å². The molecule has 0 aliphatic heterocycles. The minimum Gasteiger partial charge on any atom is -0.440 e. The van der Waals surface area contributed by atoms with Crippen molar-refractivity contribution in [3.8, 4) is 22.6 Å². The summed E-state index contributed by atoms with van der Waals surface area (Å²) in [4.78, 5) is 17.2. The van der Waals surface area contributed by atoms with E-state index < -0.39 is 0 Å². The lowest BCUT2D eigenvalue weighted by Gasteiger charge is -2.10. The molecule has 8 heteroatoms. The normalized spacial score (nSPS) is 11.1. The highest BCUT2D eigenvalue weighted by atomic mass is 32.1. The van der Waals surface area contributed by atoms with E-state index in [0.717, 1.165) is 16.8 Å². The Labute approximate surface area is 191 Å². The van der Waals surface area contributed by atoms with Crippen molar-refractivity contribution >= 4 is 18.1 Å². The number of carbonyl (C=O) groups excluding carboxylic acids is 1. The molecule has 7 nitrogen and oxygen atoms in total. The summed E-state index contributed by atoms with van der Waals surface area (Å²) in [5.41, 5.74) is 2.70. The maximum Gasteiger partial charge on any atom is 0.220 e. The predicted octanol–water partition coefficient (Wildman–Crippen LogP) is 5.09. The molecule has 4 aromatic rings. The third kappa shape index (κ3) is 4.86. The van der Waals surface area contributed by atoms with Crippen LogP contribution in [-0.4, -0.2) is 25.7 Å². The molecule has 4 rings (SSSR count). The molecule has 0 atom stereocenters. The number of hydrogen-bond donors (Lipinski definition) is 2. The molecule has 2 heterocycles. The summed E-state index contributed by atoms with van der Waals surface area (Å²) in [5, 5.41) is 9.89. The first-order valence-corrected chi connectivity index (χ1v) is 11.0. The highest BCUT2D eigenvalue weighted by molar-refractivity contribution is 7.71. The summed E-state index contributed by atoms with van der Waals surface area (Å²) in [6.45, 7) is 4.35. The lowest BCUT2D eigenvalue weighted by molar-refractivity contribution is -0.121. The van der Waals surface area contributed by atoms with E-state index in [0.29, 0.717) is 35.2 Å². The number of carbonyl (C=O) groups is 1. The Balaban J connectivity index is 1.46. The van der Waals surface area contributed by atoms with Crippen molar-refractivity contribution < 1.29 is 9.21 Å². The van der Waals surface area contributed by atoms with Crippen LogP contribution in [-0.2, 0) is 17.8 Å². The Hall–Kier alpha value is -3.52. The smallest absolute Gasteiger partial charge is 0.220 e. The summed E-state index contributed by atoms with van der Waals surface area (Å²) >= 11 is 5.25. The van der Waals surface area contributed by atoms with E-state index in [1.807, 2.05) is 79.1 Å². The maximum atomic E-state index is 12.5. The van der Waals surface area contributed by atoms with Gasteiger partial charge in [0.2, 0.25) is 5.91 Å². The molecule has 2 aromatic heterocycles. The standard InChI is InChI=1S/C24H25N5O2S/c1-16(2)29-19(27-28-24(29)32)15-25-20(30)13-14-21-26-22(17-9-5-3-6-10-17)23(31-21)18-11-7-4-8-12-18/h3-12,16H,13-15H2,1-2H3,(H,25,30)(H,28,32). The van der Waals surface area contributed by atoms with Crippen LogP contribution in [0.3, 0.4) is 0 Å². The number of aromatic nitrogens is 4. The molecule has 0 fully saturated rings. The van der Waals surface area contributed by atoms with Crippen molar-refractivity contribution in [3.05, 3.63) is 77.1 Å². The lowest BCUT2D eigenvalue weighted by Crippen LogP contribution is -2.25. The van der Waals surface area contributed by atoms with Crippen LogP contribution in [0, 0.1) is 4.77 Å². The van der Waals surface area contributed by atoms with Crippen LogP contribution in [0.15, 0.2) is 65.1 Å². The minimum atomic E-state index is -0.102. The number of amides is 1. The Morgan fingerprint density at radius 1 is 1.09 bits per heavy atom. The number of H-pyrrole nitrogens is 1. The number of rotatable bonds is 8. The molecule has 32 heavy (non-hydrogen) atoms. The largest absolute Gasteiger partial charge is 0.440 e. The van der Waals surface area contributed by atoms with Crippen molar-refractivity contribution in [1.82, 2.24) is 25.1 Å². The topological polar surface area (TPSA) is 88.7 Å². The van der Waals surface area contributed by atoms with Gasteiger partial charge in [0.25, 0.3) is 0 Å². The zero-order valence-electron chi connectivity index (χ0n) is 18.0. The van der Waals surface area contributed by atoms with E-state index >= 15 is 0 Å². The highest BCUT2D eigenvalue weighted by Crippen LogP contribution is 2.32. The van der Waals surface area contributed by atoms with Gasteiger partial charge in [-0.1, -0.05) is 60.7 Å². The van der Waals surface area contributed by atoms with Gasteiger partial charge < -0.3 is 14.3 Å². The zero-order chi connectivity index (χ0) is 22.5. The highest BCUT2D eigenvalue weighted by Gasteiger charge is 2.18. The third-order valence-electron chi connectivity index (χ3n) is 5.06. The van der Waals surface area contributed by atoms with Crippen LogP contribution in [0.2, 0.25) is 0 Å². The lowest BCUT2D eigenvalue weighted by atomic mass is 10.1. The second-order valence-corrected chi connectivity index (χ2v) is 8.09. The monoisotopic (exact) mass is 447 g/mol. The minimum absolute atomic E-state index is 0.102. The number of nitrogens with one attached hydrogen (secondary N) is 2. The number of nitrogens with zero attached hydrogens (tertiary/aromatic N) is 3. The third-order valence-corrected chi connectivity index (χ3v) is 5.35. The van der Waals surface area contributed by atoms with Crippen LogP contribution in [0.1, 0.15) is 38.0 Å². The van der Waals surface area contributed by atoms with Gasteiger partial charge in [-0.05, 0) is 26.1 Å². The van der Waals surface area contributed by atoms with Crippen LogP contribution in [0.5, 0.6) is 0 Å². The van der Waals surface area contributed by atoms with E-state index in [9.17, 15) is 4.79 Å². The van der Waals surface area contributed by atoms with Crippen molar-refractivity contribution in [2.75, 3.05) is 0 Å². The molecule has 0 unspecified atom stereocenters. The average molecular weight is 448 g/mol. The first-order valence-electron chi connectivity index (χ1n) is 10.6. The first-order chi connectivity index (χ1) is 15.5. The van der Waals surface area contributed by atoms with E-state index in [1.165, 1.54) is 0 Å². The van der Waals surface area contributed by atoms with Gasteiger partial charge in [-0.15, -0.1) is 0 Å². The van der Waals surface area contributed by atoms with E-state index in [1.54, 1.807) is 0 Å².